The van der Waals surface area contributed by atoms with Gasteiger partial charge in [0, 0.05) is 7.05 Å². The predicted molar refractivity (Wildman–Crippen MR) is 42.0 cm³/mol. The van der Waals surface area contributed by atoms with Gasteiger partial charge in [0.25, 0.3) is 0 Å². The molecule has 0 bridgehead atoms. The molecule has 3 heteroatoms. The van der Waals surface area contributed by atoms with Crippen LogP contribution in [-0.4, -0.2) is 23.8 Å². The molecular formula is C9H9NO2. The third kappa shape index (κ3) is 0.772. The summed E-state index contributed by atoms with van der Waals surface area (Å²) < 4.78 is 0. The van der Waals surface area contributed by atoms with Crippen LogP contribution >= 0.6 is 0 Å². The number of hydrogen-bond acceptors (Lipinski definition) is 2. The van der Waals surface area contributed by atoms with E-state index in [-0.39, 0.29) is 23.7 Å². The third-order valence-corrected chi connectivity index (χ3v) is 2.46. The quantitative estimate of drug-likeness (QED) is 0.381. The Morgan fingerprint density at radius 2 is 2.25 bits per heavy atom. The van der Waals surface area contributed by atoms with Crippen LogP contribution in [0.3, 0.4) is 0 Å². The van der Waals surface area contributed by atoms with Gasteiger partial charge in [0.15, 0.2) is 0 Å². The van der Waals surface area contributed by atoms with Gasteiger partial charge in [-0.1, -0.05) is 0 Å². The second kappa shape index (κ2) is 2.32. The Balaban J connectivity index is 2.39. The van der Waals surface area contributed by atoms with Crippen LogP contribution in [-0.2, 0) is 9.59 Å². The molecule has 2 aliphatic rings. The van der Waals surface area contributed by atoms with Gasteiger partial charge in [0.2, 0.25) is 11.8 Å². The molecule has 1 saturated heterocycles. The van der Waals surface area contributed by atoms with Crippen molar-refractivity contribution >= 4 is 11.8 Å². The Hall–Kier alpha value is -1.34. The first-order chi connectivity index (χ1) is 5.72. The topological polar surface area (TPSA) is 37.4 Å². The van der Waals surface area contributed by atoms with Crippen LogP contribution in [0.4, 0.5) is 0 Å². The van der Waals surface area contributed by atoms with Gasteiger partial charge in [0.05, 0.1) is 11.8 Å². The van der Waals surface area contributed by atoms with Gasteiger partial charge in [-0.2, -0.15) is 0 Å². The molecular weight excluding hydrogens is 154 g/mol. The number of nitrogens with zero attached hydrogens (tertiary/aromatic N) is 1. The van der Waals surface area contributed by atoms with Gasteiger partial charge >= 0.3 is 0 Å². The summed E-state index contributed by atoms with van der Waals surface area (Å²) in [6.07, 6.45) is 4.15. The summed E-state index contributed by atoms with van der Waals surface area (Å²) in [5.74, 6) is -0.541. The normalized spacial score (nSPS) is 32.9. The highest BCUT2D eigenvalue weighted by atomic mass is 16.2. The van der Waals surface area contributed by atoms with Crippen LogP contribution < -0.4 is 0 Å². The van der Waals surface area contributed by atoms with E-state index in [9.17, 15) is 9.59 Å². The lowest BCUT2D eigenvalue weighted by Crippen LogP contribution is -2.25. The lowest BCUT2D eigenvalue weighted by atomic mass is 9.89. The fourth-order valence-corrected chi connectivity index (χ4v) is 1.71. The minimum atomic E-state index is -0.243. The maximum atomic E-state index is 11.4. The average molecular weight is 163 g/mol. The van der Waals surface area contributed by atoms with E-state index in [1.165, 1.54) is 11.9 Å². The Morgan fingerprint density at radius 1 is 1.50 bits per heavy atom. The lowest BCUT2D eigenvalue weighted by molar-refractivity contribution is -0.137. The minimum Gasteiger partial charge on any atom is -0.285 e. The maximum Gasteiger partial charge on any atom is 0.237 e. The molecule has 2 amide bonds. The summed E-state index contributed by atoms with van der Waals surface area (Å²) in [7, 11) is 1.54. The highest BCUT2D eigenvalue weighted by Crippen LogP contribution is 2.30. The van der Waals surface area contributed by atoms with Gasteiger partial charge in [0.1, 0.15) is 0 Å². The Kier molecular flexibility index (Phi) is 1.42. The highest BCUT2D eigenvalue weighted by molar-refractivity contribution is 6.05. The third-order valence-electron chi connectivity index (χ3n) is 2.46. The number of imide groups is 1. The lowest BCUT2D eigenvalue weighted by Gasteiger charge is -2.09. The van der Waals surface area contributed by atoms with Crippen LogP contribution in [0.2, 0.25) is 0 Å². The molecule has 1 heterocycles. The van der Waals surface area contributed by atoms with Crippen molar-refractivity contribution in [3.8, 4) is 0 Å². The van der Waals surface area contributed by atoms with Crippen LogP contribution in [0.25, 0.3) is 0 Å². The van der Waals surface area contributed by atoms with Crippen molar-refractivity contribution in [3.63, 3.8) is 0 Å². The smallest absolute Gasteiger partial charge is 0.237 e. The summed E-state index contributed by atoms with van der Waals surface area (Å²) in [6.45, 7) is 0. The average Bonchev–Trinajstić information content (AvgIpc) is 2.33. The van der Waals surface area contributed by atoms with Crippen molar-refractivity contribution in [2.45, 2.75) is 6.42 Å². The van der Waals surface area contributed by atoms with E-state index in [0.717, 1.165) is 0 Å². The van der Waals surface area contributed by atoms with Crippen molar-refractivity contribution in [3.05, 3.63) is 17.9 Å². The van der Waals surface area contributed by atoms with Gasteiger partial charge in [-0.05, 0) is 18.6 Å². The summed E-state index contributed by atoms with van der Waals surface area (Å²) in [6, 6.07) is 0. The van der Waals surface area contributed by atoms with Crippen molar-refractivity contribution in [2.75, 3.05) is 7.05 Å². The van der Waals surface area contributed by atoms with Crippen LogP contribution in [0, 0.1) is 11.8 Å². The molecule has 0 aromatic carbocycles. The molecule has 2 rings (SSSR count). The Morgan fingerprint density at radius 3 is 2.92 bits per heavy atom. The van der Waals surface area contributed by atoms with E-state index in [1.54, 1.807) is 6.08 Å². The molecule has 0 aromatic rings. The SMILES string of the molecule is CN1C(=O)C2C=C=CCC2C1=O. The van der Waals surface area contributed by atoms with Gasteiger partial charge in [-0.3, -0.25) is 14.5 Å². The number of likely N-dealkylation sites (tertiary alicyclic amines) is 1. The minimum absolute atomic E-state index is 0.0565. The van der Waals surface area contributed by atoms with E-state index in [4.69, 9.17) is 0 Å². The maximum absolute atomic E-state index is 11.4. The number of carbonyl (C=O) groups excluding carboxylic acids is 2. The highest BCUT2D eigenvalue weighted by Gasteiger charge is 2.44. The standard InChI is InChI=1S/C9H9NO2/c1-10-8(11)6-4-2-3-5-7(6)9(10)12/h2,5-7H,4H2,1H3. The fourth-order valence-electron chi connectivity index (χ4n) is 1.71. The molecule has 3 nitrogen and oxygen atoms in total. The van der Waals surface area contributed by atoms with E-state index in [0.29, 0.717) is 6.42 Å². The molecule has 0 aromatic heterocycles. The first-order valence-corrected chi connectivity index (χ1v) is 3.94. The molecule has 1 aliphatic carbocycles. The molecule has 2 unspecified atom stereocenters. The van der Waals surface area contributed by atoms with Crippen molar-refractivity contribution in [2.24, 2.45) is 11.8 Å². The Labute approximate surface area is 70.4 Å². The van der Waals surface area contributed by atoms with Crippen LogP contribution in [0.1, 0.15) is 6.42 Å². The van der Waals surface area contributed by atoms with E-state index < -0.39 is 0 Å². The molecule has 1 aliphatic heterocycles. The van der Waals surface area contributed by atoms with E-state index in [2.05, 4.69) is 5.73 Å². The second-order valence-corrected chi connectivity index (χ2v) is 3.14. The summed E-state index contributed by atoms with van der Waals surface area (Å²) in [5.41, 5.74) is 2.88. The zero-order valence-corrected chi connectivity index (χ0v) is 6.78. The fraction of sp³-hybridized carbons (Fsp3) is 0.444. The van der Waals surface area contributed by atoms with E-state index in [1.807, 2.05) is 6.08 Å². The number of hydrogen-bond donors (Lipinski definition) is 0. The molecule has 2 atom stereocenters. The molecule has 0 saturated carbocycles. The number of carbonyl (C=O) groups is 2. The van der Waals surface area contributed by atoms with Crippen molar-refractivity contribution < 1.29 is 9.59 Å². The predicted octanol–water partition coefficient (Wildman–Crippen LogP) is 0.332. The van der Waals surface area contributed by atoms with Crippen molar-refractivity contribution in [1.29, 1.82) is 0 Å². The van der Waals surface area contributed by atoms with Gasteiger partial charge in [-0.15, -0.1) is 5.73 Å². The van der Waals surface area contributed by atoms with Crippen molar-refractivity contribution in [1.82, 2.24) is 4.90 Å². The van der Waals surface area contributed by atoms with E-state index >= 15 is 0 Å². The molecule has 12 heavy (non-hydrogen) atoms. The number of rotatable bonds is 0. The summed E-state index contributed by atoms with van der Waals surface area (Å²) in [5, 5.41) is 0. The zero-order valence-electron chi connectivity index (χ0n) is 6.78. The Bertz CT molecular complexity index is 312. The first kappa shape index (κ1) is 7.32. The largest absolute Gasteiger partial charge is 0.285 e. The van der Waals surface area contributed by atoms with Crippen LogP contribution in [0.5, 0.6) is 0 Å². The van der Waals surface area contributed by atoms with Gasteiger partial charge in [-0.25, -0.2) is 0 Å². The van der Waals surface area contributed by atoms with Crippen LogP contribution in [0.15, 0.2) is 17.9 Å². The monoisotopic (exact) mass is 163 g/mol. The van der Waals surface area contributed by atoms with Gasteiger partial charge < -0.3 is 0 Å². The zero-order chi connectivity index (χ0) is 8.72. The first-order valence-electron chi connectivity index (χ1n) is 3.94. The molecule has 62 valence electrons. The summed E-state index contributed by atoms with van der Waals surface area (Å²) >= 11 is 0. The molecule has 0 N–H and O–H groups in total. The molecule has 0 spiro atoms. The molecule has 1 fully saturated rings. The molecule has 0 radical (unpaired) electrons. The number of fused-ring (bicyclic) bond motifs is 1. The second-order valence-electron chi connectivity index (χ2n) is 3.14. The summed E-state index contributed by atoms with van der Waals surface area (Å²) in [4.78, 5) is 24.0. The number of amides is 2.